The van der Waals surface area contributed by atoms with E-state index in [4.69, 9.17) is 21.5 Å². The molecule has 1 heterocycles. The molecule has 5 heteroatoms. The SMILES string of the molecule is CN1C[C@@]2(CCCc3cc(Cl)ccc32)COc2ccc(SN)cc21. The van der Waals surface area contributed by atoms with Gasteiger partial charge in [0.1, 0.15) is 5.75 Å². The van der Waals surface area contributed by atoms with Gasteiger partial charge < -0.3 is 9.64 Å². The molecule has 0 amide bonds. The zero-order chi connectivity index (χ0) is 16.7. The summed E-state index contributed by atoms with van der Waals surface area (Å²) in [4.78, 5) is 3.36. The van der Waals surface area contributed by atoms with Gasteiger partial charge in [-0.3, -0.25) is 5.14 Å². The van der Waals surface area contributed by atoms with Crippen molar-refractivity contribution in [3.63, 3.8) is 0 Å². The monoisotopic (exact) mass is 360 g/mol. The molecule has 0 radical (unpaired) electrons. The Morgan fingerprint density at radius 2 is 2.12 bits per heavy atom. The highest BCUT2D eigenvalue weighted by Crippen LogP contribution is 2.44. The number of likely N-dealkylation sites (N-methyl/N-ethyl adjacent to an activating group) is 1. The fourth-order valence-electron chi connectivity index (χ4n) is 4.14. The van der Waals surface area contributed by atoms with Crippen molar-refractivity contribution in [3.8, 4) is 5.75 Å². The van der Waals surface area contributed by atoms with Gasteiger partial charge in [0.25, 0.3) is 0 Å². The first-order valence-corrected chi connectivity index (χ1v) is 9.51. The molecule has 4 rings (SSSR count). The minimum absolute atomic E-state index is 0.0158. The summed E-state index contributed by atoms with van der Waals surface area (Å²) < 4.78 is 6.27. The predicted molar refractivity (Wildman–Crippen MR) is 101 cm³/mol. The number of halogens is 1. The Bertz CT molecular complexity index is 782. The van der Waals surface area contributed by atoms with Crippen LogP contribution in [0.3, 0.4) is 0 Å². The first-order chi connectivity index (χ1) is 11.6. The van der Waals surface area contributed by atoms with Crippen LogP contribution in [-0.2, 0) is 11.8 Å². The Morgan fingerprint density at radius 1 is 1.25 bits per heavy atom. The van der Waals surface area contributed by atoms with Gasteiger partial charge in [-0.05, 0) is 72.7 Å². The molecule has 1 atom stereocenters. The fourth-order valence-corrected chi connectivity index (χ4v) is 4.67. The van der Waals surface area contributed by atoms with Gasteiger partial charge in [0.05, 0.1) is 12.3 Å². The molecule has 0 aromatic heterocycles. The summed E-state index contributed by atoms with van der Waals surface area (Å²) in [7, 11) is 2.14. The molecule has 0 fully saturated rings. The number of nitrogens with zero attached hydrogens (tertiary/aromatic N) is 1. The number of ether oxygens (including phenoxy) is 1. The first kappa shape index (κ1) is 16.1. The van der Waals surface area contributed by atoms with Crippen LogP contribution < -0.4 is 14.8 Å². The molecular formula is C19H21ClN2OS. The Hall–Kier alpha value is -1.36. The minimum Gasteiger partial charge on any atom is -0.490 e. The summed E-state index contributed by atoms with van der Waals surface area (Å²) in [6.45, 7) is 1.64. The van der Waals surface area contributed by atoms with Gasteiger partial charge in [0.2, 0.25) is 0 Å². The molecule has 0 saturated carbocycles. The molecular weight excluding hydrogens is 340 g/mol. The fraction of sp³-hybridized carbons (Fsp3) is 0.368. The molecule has 1 spiro atoms. The van der Waals surface area contributed by atoms with E-state index < -0.39 is 0 Å². The van der Waals surface area contributed by atoms with Gasteiger partial charge in [0, 0.05) is 28.9 Å². The molecule has 1 aliphatic carbocycles. The molecule has 126 valence electrons. The van der Waals surface area contributed by atoms with E-state index in [0.29, 0.717) is 6.61 Å². The van der Waals surface area contributed by atoms with Gasteiger partial charge >= 0.3 is 0 Å². The van der Waals surface area contributed by atoms with Crippen molar-refractivity contribution >= 4 is 29.2 Å². The van der Waals surface area contributed by atoms with Gasteiger partial charge in [-0.25, -0.2) is 0 Å². The van der Waals surface area contributed by atoms with Crippen molar-refractivity contribution < 1.29 is 4.74 Å². The third kappa shape index (κ3) is 2.67. The van der Waals surface area contributed by atoms with Gasteiger partial charge in [0.15, 0.2) is 0 Å². The number of fused-ring (bicyclic) bond motifs is 3. The zero-order valence-corrected chi connectivity index (χ0v) is 15.3. The maximum atomic E-state index is 6.27. The highest BCUT2D eigenvalue weighted by molar-refractivity contribution is 7.97. The smallest absolute Gasteiger partial charge is 0.142 e. The van der Waals surface area contributed by atoms with Crippen molar-refractivity contribution in [1.82, 2.24) is 0 Å². The average Bonchev–Trinajstić information content (AvgIpc) is 2.72. The maximum Gasteiger partial charge on any atom is 0.142 e. The molecule has 0 unspecified atom stereocenters. The topological polar surface area (TPSA) is 38.5 Å². The highest BCUT2D eigenvalue weighted by atomic mass is 35.5. The molecule has 2 aromatic rings. The second kappa shape index (κ2) is 6.17. The van der Waals surface area contributed by atoms with E-state index in [9.17, 15) is 0 Å². The van der Waals surface area contributed by atoms with Crippen LogP contribution in [0.1, 0.15) is 24.0 Å². The number of benzene rings is 2. The molecule has 0 saturated heterocycles. The zero-order valence-electron chi connectivity index (χ0n) is 13.7. The second-order valence-electron chi connectivity index (χ2n) is 6.83. The van der Waals surface area contributed by atoms with Crippen LogP contribution in [0.15, 0.2) is 41.3 Å². The highest BCUT2D eigenvalue weighted by Gasteiger charge is 2.40. The number of hydrogen-bond donors (Lipinski definition) is 1. The standard InChI is InChI=1S/C19H21ClN2OS/c1-22-11-19(8-2-3-13-9-14(20)4-6-16(13)19)12-23-18-7-5-15(24-21)10-17(18)22/h4-7,9-10H,2-3,8,11-12,21H2,1H3/t19-/m0/s1. The number of anilines is 1. The summed E-state index contributed by atoms with van der Waals surface area (Å²) in [6, 6.07) is 12.5. The summed E-state index contributed by atoms with van der Waals surface area (Å²) >= 11 is 7.49. The normalized spacial score (nSPS) is 22.5. The van der Waals surface area contributed by atoms with Crippen LogP contribution in [0.4, 0.5) is 5.69 Å². The van der Waals surface area contributed by atoms with Crippen LogP contribution in [0, 0.1) is 0 Å². The van der Waals surface area contributed by atoms with Crippen LogP contribution >= 0.6 is 23.5 Å². The second-order valence-corrected chi connectivity index (χ2v) is 7.97. The van der Waals surface area contributed by atoms with E-state index in [1.54, 1.807) is 0 Å². The van der Waals surface area contributed by atoms with E-state index in [-0.39, 0.29) is 5.41 Å². The average molecular weight is 361 g/mol. The minimum atomic E-state index is 0.0158. The van der Waals surface area contributed by atoms with E-state index >= 15 is 0 Å². The molecule has 2 aromatic carbocycles. The number of nitrogens with two attached hydrogens (primary N) is 1. The van der Waals surface area contributed by atoms with Crippen molar-refractivity contribution in [3.05, 3.63) is 52.5 Å². The Labute approximate surface area is 152 Å². The lowest BCUT2D eigenvalue weighted by atomic mass is 9.70. The van der Waals surface area contributed by atoms with Crippen molar-refractivity contribution in [2.75, 3.05) is 25.1 Å². The third-order valence-corrected chi connectivity index (χ3v) is 6.02. The summed E-state index contributed by atoms with van der Waals surface area (Å²) in [5.41, 5.74) is 3.90. The number of aryl methyl sites for hydroxylation is 1. The van der Waals surface area contributed by atoms with E-state index in [2.05, 4.69) is 30.1 Å². The van der Waals surface area contributed by atoms with Crippen LogP contribution in [0.2, 0.25) is 5.02 Å². The molecule has 24 heavy (non-hydrogen) atoms. The lowest BCUT2D eigenvalue weighted by Crippen LogP contribution is -2.44. The van der Waals surface area contributed by atoms with Crippen molar-refractivity contribution in [2.45, 2.75) is 29.6 Å². The predicted octanol–water partition coefficient (Wildman–Crippen LogP) is 4.41. The van der Waals surface area contributed by atoms with Gasteiger partial charge in [-0.2, -0.15) is 0 Å². The van der Waals surface area contributed by atoms with Crippen molar-refractivity contribution in [1.29, 1.82) is 0 Å². The van der Waals surface area contributed by atoms with E-state index in [1.165, 1.54) is 29.5 Å². The van der Waals surface area contributed by atoms with Gasteiger partial charge in [-0.15, -0.1) is 0 Å². The lowest BCUT2D eigenvalue weighted by Gasteiger charge is -2.39. The van der Waals surface area contributed by atoms with Crippen LogP contribution in [0.25, 0.3) is 0 Å². The molecule has 2 aliphatic rings. The maximum absolute atomic E-state index is 6.27. The molecule has 3 nitrogen and oxygen atoms in total. The van der Waals surface area contributed by atoms with Crippen molar-refractivity contribution in [2.24, 2.45) is 5.14 Å². The summed E-state index contributed by atoms with van der Waals surface area (Å²) in [6.07, 6.45) is 3.41. The quantitative estimate of drug-likeness (QED) is 0.764. The van der Waals surface area contributed by atoms with Gasteiger partial charge in [-0.1, -0.05) is 17.7 Å². The van der Waals surface area contributed by atoms with E-state index in [1.807, 2.05) is 18.2 Å². The van der Waals surface area contributed by atoms with Crippen LogP contribution in [-0.4, -0.2) is 20.2 Å². The summed E-state index contributed by atoms with van der Waals surface area (Å²) in [5, 5.41) is 6.55. The summed E-state index contributed by atoms with van der Waals surface area (Å²) in [5.74, 6) is 0.938. The first-order valence-electron chi connectivity index (χ1n) is 8.25. The Kier molecular flexibility index (Phi) is 4.15. The van der Waals surface area contributed by atoms with Crippen LogP contribution in [0.5, 0.6) is 5.75 Å². The Morgan fingerprint density at radius 3 is 2.96 bits per heavy atom. The Balaban J connectivity index is 1.75. The molecule has 1 aliphatic heterocycles. The van der Waals surface area contributed by atoms with E-state index in [0.717, 1.165) is 40.7 Å². The third-order valence-electron chi connectivity index (χ3n) is 5.26. The number of rotatable bonds is 1. The largest absolute Gasteiger partial charge is 0.490 e. The lowest BCUT2D eigenvalue weighted by molar-refractivity contribution is 0.207. The molecule has 2 N–H and O–H groups in total. The number of hydrogen-bond acceptors (Lipinski definition) is 4. The molecule has 0 bridgehead atoms.